The summed E-state index contributed by atoms with van der Waals surface area (Å²) in [4.78, 5) is 11.0. The van der Waals surface area contributed by atoms with E-state index < -0.39 is 5.91 Å². The molecule has 1 amide bonds. The van der Waals surface area contributed by atoms with Crippen molar-refractivity contribution < 1.29 is 19.4 Å². The molecule has 0 bridgehead atoms. The number of aryl methyl sites for hydroxylation is 1. The van der Waals surface area contributed by atoms with E-state index in [2.05, 4.69) is 10.4 Å². The summed E-state index contributed by atoms with van der Waals surface area (Å²) in [5.41, 5.74) is 9.84. The van der Waals surface area contributed by atoms with Crippen LogP contribution >= 0.6 is 0 Å². The maximum absolute atomic E-state index is 11.0. The zero-order chi connectivity index (χ0) is 20.5. The van der Waals surface area contributed by atoms with Gasteiger partial charge in [-0.05, 0) is 36.8 Å². The van der Waals surface area contributed by atoms with Gasteiger partial charge in [0.2, 0.25) is 0 Å². The van der Waals surface area contributed by atoms with E-state index in [4.69, 9.17) is 15.2 Å². The predicted molar refractivity (Wildman–Crippen MR) is 109 cm³/mol. The highest BCUT2D eigenvalue weighted by atomic mass is 16.5. The van der Waals surface area contributed by atoms with Gasteiger partial charge < -0.3 is 25.6 Å². The minimum atomic E-state index is -0.605. The first-order valence-electron chi connectivity index (χ1n) is 9.29. The molecule has 8 heteroatoms. The Morgan fingerprint density at radius 1 is 1.31 bits per heavy atom. The SMILES string of the molecule is CCOc1cccc(Nc2nn(C)c3c2Cc2cc(O)c(OCC(N)=O)cc2-3)c1. The van der Waals surface area contributed by atoms with Gasteiger partial charge in [0.1, 0.15) is 5.75 Å². The maximum atomic E-state index is 11.0. The fourth-order valence-electron chi connectivity index (χ4n) is 3.57. The number of anilines is 2. The quantitative estimate of drug-likeness (QED) is 0.444. The lowest BCUT2D eigenvalue weighted by atomic mass is 10.1. The molecule has 0 atom stereocenters. The minimum absolute atomic E-state index is 0.0234. The van der Waals surface area contributed by atoms with Gasteiger partial charge in [-0.1, -0.05) is 6.07 Å². The molecule has 0 saturated heterocycles. The lowest BCUT2D eigenvalue weighted by molar-refractivity contribution is -0.119. The molecule has 0 unspecified atom stereocenters. The standard InChI is InChI=1S/C21H22N4O4/c1-3-28-14-6-4-5-13(9-14)23-21-16-7-12-8-17(26)18(29-11-19(22)27)10-15(12)20(16)25(2)24-21/h4-6,8-10,26H,3,7,11H2,1-2H3,(H2,22,27)(H,23,24). The largest absolute Gasteiger partial charge is 0.504 e. The highest BCUT2D eigenvalue weighted by molar-refractivity contribution is 5.82. The average Bonchev–Trinajstić information content (AvgIpc) is 3.18. The number of phenolic OH excluding ortho intramolecular Hbond substituents is 1. The summed E-state index contributed by atoms with van der Waals surface area (Å²) >= 11 is 0. The highest BCUT2D eigenvalue weighted by Crippen LogP contribution is 2.45. The molecular weight excluding hydrogens is 372 g/mol. The number of fused-ring (bicyclic) bond motifs is 3. The number of carbonyl (C=O) groups is 1. The Morgan fingerprint density at radius 2 is 2.14 bits per heavy atom. The third-order valence-electron chi connectivity index (χ3n) is 4.73. The van der Waals surface area contributed by atoms with Crippen molar-refractivity contribution in [3.05, 3.63) is 47.5 Å². The van der Waals surface area contributed by atoms with Gasteiger partial charge in [0.25, 0.3) is 5.91 Å². The van der Waals surface area contributed by atoms with Crippen LogP contribution in [0.1, 0.15) is 18.1 Å². The van der Waals surface area contributed by atoms with Crippen molar-refractivity contribution >= 4 is 17.4 Å². The first-order chi connectivity index (χ1) is 14.0. The van der Waals surface area contributed by atoms with Crippen molar-refractivity contribution in [2.45, 2.75) is 13.3 Å². The number of nitrogens with two attached hydrogens (primary N) is 1. The van der Waals surface area contributed by atoms with Gasteiger partial charge >= 0.3 is 0 Å². The molecule has 8 nitrogen and oxygen atoms in total. The Morgan fingerprint density at radius 3 is 2.90 bits per heavy atom. The van der Waals surface area contributed by atoms with Gasteiger partial charge in [0.05, 0.1) is 12.3 Å². The number of carbonyl (C=O) groups excluding carboxylic acids is 1. The second kappa shape index (κ2) is 7.38. The first-order valence-corrected chi connectivity index (χ1v) is 9.29. The Labute approximate surface area is 167 Å². The molecule has 2 aromatic carbocycles. The predicted octanol–water partition coefficient (Wildman–Crippen LogP) is 2.70. The van der Waals surface area contributed by atoms with E-state index in [0.29, 0.717) is 13.0 Å². The number of amides is 1. The van der Waals surface area contributed by atoms with E-state index in [1.54, 1.807) is 16.8 Å². The van der Waals surface area contributed by atoms with Crippen LogP contribution < -0.4 is 20.5 Å². The van der Waals surface area contributed by atoms with Crippen LogP contribution in [0.4, 0.5) is 11.5 Å². The van der Waals surface area contributed by atoms with E-state index >= 15 is 0 Å². The maximum Gasteiger partial charge on any atom is 0.255 e. The van der Waals surface area contributed by atoms with Gasteiger partial charge in [-0.15, -0.1) is 0 Å². The topological polar surface area (TPSA) is 112 Å². The zero-order valence-electron chi connectivity index (χ0n) is 16.2. The van der Waals surface area contributed by atoms with Gasteiger partial charge in [0, 0.05) is 36.3 Å². The number of aromatic nitrogens is 2. The molecule has 1 aliphatic rings. The molecular formula is C21H22N4O4. The fourth-order valence-corrected chi connectivity index (χ4v) is 3.57. The summed E-state index contributed by atoms with van der Waals surface area (Å²) in [6.45, 7) is 2.24. The number of phenols is 1. The molecule has 4 N–H and O–H groups in total. The molecule has 1 aromatic heterocycles. The number of ether oxygens (including phenoxy) is 2. The number of nitrogens with zero attached hydrogens (tertiary/aromatic N) is 2. The van der Waals surface area contributed by atoms with Crippen LogP contribution in [0.5, 0.6) is 17.2 Å². The molecule has 0 fully saturated rings. The summed E-state index contributed by atoms with van der Waals surface area (Å²) in [6, 6.07) is 11.1. The monoisotopic (exact) mass is 394 g/mol. The molecule has 0 radical (unpaired) electrons. The van der Waals surface area contributed by atoms with Crippen LogP contribution in [0.25, 0.3) is 11.3 Å². The Kier molecular flexibility index (Phi) is 4.75. The van der Waals surface area contributed by atoms with E-state index in [-0.39, 0.29) is 18.1 Å². The fraction of sp³-hybridized carbons (Fsp3) is 0.238. The van der Waals surface area contributed by atoms with Crippen molar-refractivity contribution in [2.24, 2.45) is 12.8 Å². The van der Waals surface area contributed by atoms with Crippen LogP contribution in [0.2, 0.25) is 0 Å². The van der Waals surface area contributed by atoms with Crippen molar-refractivity contribution in [1.29, 1.82) is 0 Å². The third kappa shape index (κ3) is 3.56. The Bertz CT molecular complexity index is 1090. The first kappa shape index (κ1) is 18.7. The van der Waals surface area contributed by atoms with Crippen LogP contribution in [0.3, 0.4) is 0 Å². The van der Waals surface area contributed by atoms with E-state index in [1.165, 1.54) is 0 Å². The second-order valence-electron chi connectivity index (χ2n) is 6.79. The number of hydrogen-bond donors (Lipinski definition) is 3. The lowest BCUT2D eigenvalue weighted by Gasteiger charge is -2.10. The Balaban J connectivity index is 1.66. The normalized spacial score (nSPS) is 11.7. The van der Waals surface area contributed by atoms with E-state index in [9.17, 15) is 9.90 Å². The van der Waals surface area contributed by atoms with Crippen LogP contribution in [0.15, 0.2) is 36.4 Å². The van der Waals surface area contributed by atoms with Crippen molar-refractivity contribution in [3.8, 4) is 28.5 Å². The molecule has 4 rings (SSSR count). The van der Waals surface area contributed by atoms with Crippen molar-refractivity contribution in [2.75, 3.05) is 18.5 Å². The number of hydrogen-bond acceptors (Lipinski definition) is 6. The average molecular weight is 394 g/mol. The summed E-state index contributed by atoms with van der Waals surface area (Å²) in [7, 11) is 1.87. The molecule has 150 valence electrons. The molecule has 0 spiro atoms. The van der Waals surface area contributed by atoms with Crippen molar-refractivity contribution in [1.82, 2.24) is 9.78 Å². The van der Waals surface area contributed by atoms with Crippen molar-refractivity contribution in [3.63, 3.8) is 0 Å². The third-order valence-corrected chi connectivity index (χ3v) is 4.73. The van der Waals surface area contributed by atoms with E-state index in [1.807, 2.05) is 38.2 Å². The number of rotatable bonds is 7. The summed E-state index contributed by atoms with van der Waals surface area (Å²) in [5.74, 6) is 1.12. The molecule has 0 aliphatic heterocycles. The summed E-state index contributed by atoms with van der Waals surface area (Å²) in [5, 5.41) is 18.2. The number of aromatic hydroxyl groups is 1. The van der Waals surface area contributed by atoms with E-state index in [0.717, 1.165) is 39.6 Å². The van der Waals surface area contributed by atoms with Gasteiger partial charge in [-0.2, -0.15) is 5.10 Å². The number of nitrogens with one attached hydrogen (secondary N) is 1. The minimum Gasteiger partial charge on any atom is -0.504 e. The van der Waals surface area contributed by atoms with Gasteiger partial charge in [-0.3, -0.25) is 9.48 Å². The van der Waals surface area contributed by atoms with Crippen LogP contribution in [-0.2, 0) is 18.3 Å². The number of primary amides is 1. The molecule has 3 aromatic rings. The van der Waals surface area contributed by atoms with Gasteiger partial charge in [-0.25, -0.2) is 0 Å². The summed E-state index contributed by atoms with van der Waals surface area (Å²) < 4.78 is 12.7. The highest BCUT2D eigenvalue weighted by Gasteiger charge is 2.28. The lowest BCUT2D eigenvalue weighted by Crippen LogP contribution is -2.20. The Hall–Kier alpha value is -3.68. The number of benzene rings is 2. The molecule has 0 saturated carbocycles. The summed E-state index contributed by atoms with van der Waals surface area (Å²) in [6.07, 6.45) is 0.621. The molecule has 29 heavy (non-hydrogen) atoms. The second-order valence-corrected chi connectivity index (χ2v) is 6.79. The molecule has 1 aliphatic carbocycles. The zero-order valence-corrected chi connectivity index (χ0v) is 16.2. The molecule has 1 heterocycles. The smallest absolute Gasteiger partial charge is 0.255 e. The van der Waals surface area contributed by atoms with Gasteiger partial charge in [0.15, 0.2) is 23.9 Å². The van der Waals surface area contributed by atoms with Crippen LogP contribution in [0, 0.1) is 0 Å². The van der Waals surface area contributed by atoms with Crippen LogP contribution in [-0.4, -0.2) is 34.0 Å².